The Kier molecular flexibility index (Phi) is 5.14. The van der Waals surface area contributed by atoms with Gasteiger partial charge in [0.1, 0.15) is 7.11 Å². The summed E-state index contributed by atoms with van der Waals surface area (Å²) >= 11 is 0. The number of fused-ring (bicyclic) bond motifs is 2. The molecule has 4 aromatic rings. The van der Waals surface area contributed by atoms with Crippen LogP contribution in [0.4, 0.5) is 0 Å². The summed E-state index contributed by atoms with van der Waals surface area (Å²) in [7, 11) is 1.49. The average Bonchev–Trinajstić information content (AvgIpc) is 3.40. The van der Waals surface area contributed by atoms with Crippen molar-refractivity contribution in [2.24, 2.45) is 0 Å². The first-order chi connectivity index (χ1) is 12.8. The van der Waals surface area contributed by atoms with Crippen molar-refractivity contribution in [1.82, 2.24) is 34.3 Å². The van der Waals surface area contributed by atoms with E-state index in [-0.39, 0.29) is 63.0 Å². The Morgan fingerprint density at radius 3 is 3.04 bits per heavy atom. The van der Waals surface area contributed by atoms with Gasteiger partial charge in [0.2, 0.25) is 0 Å². The van der Waals surface area contributed by atoms with Crippen LogP contribution < -0.4 is 61.8 Å². The number of rotatable bonds is 3. The van der Waals surface area contributed by atoms with Gasteiger partial charge in [0.15, 0.2) is 5.52 Å². The normalized spacial score (nSPS) is 16.7. The third-order valence-corrected chi connectivity index (χ3v) is 4.55. The van der Waals surface area contributed by atoms with E-state index in [1.807, 2.05) is 6.07 Å². The van der Waals surface area contributed by atoms with Gasteiger partial charge in [-0.2, -0.15) is 10.2 Å². The molecule has 0 saturated carbocycles. The molecular weight excluding hydrogens is 377 g/mol. The van der Waals surface area contributed by atoms with Crippen LogP contribution >= 0.6 is 0 Å². The minimum Gasteiger partial charge on any atom is -0.410 e. The fraction of sp³-hybridized carbons (Fsp3) is 0.312. The first kappa shape index (κ1) is 18.7. The van der Waals surface area contributed by atoms with Crippen LogP contribution in [-0.2, 0) is 4.74 Å². The summed E-state index contributed by atoms with van der Waals surface area (Å²) in [5.41, 5.74) is 0.710. The standard InChI is InChI=1S/C16H14N7O3.K/c1-25-23-15-12(6-19-23)14(17-9-18-15)22-7-10-2-4-21(11-3-5-26-8-11)16(24)13(10)20-22;/h2,4,6-7,11H,3,5,8H2,1H3;/q-1;+1. The van der Waals surface area contributed by atoms with Crippen molar-refractivity contribution in [1.29, 1.82) is 0 Å². The first-order valence-electron chi connectivity index (χ1n) is 8.11. The fourth-order valence-electron chi connectivity index (χ4n) is 3.24. The first-order valence-corrected chi connectivity index (χ1v) is 8.11. The second-order valence-electron chi connectivity index (χ2n) is 6.01. The Morgan fingerprint density at radius 1 is 1.37 bits per heavy atom. The molecule has 10 nitrogen and oxygen atoms in total. The van der Waals surface area contributed by atoms with Gasteiger partial charge in [-0.3, -0.25) is 9.48 Å². The molecule has 5 rings (SSSR count). The van der Waals surface area contributed by atoms with Gasteiger partial charge in [0, 0.05) is 36.9 Å². The molecule has 0 bridgehead atoms. The quantitative estimate of drug-likeness (QED) is 0.274. The molecule has 0 amide bonds. The van der Waals surface area contributed by atoms with Crippen LogP contribution in [0.15, 0.2) is 29.5 Å². The van der Waals surface area contributed by atoms with E-state index in [0.29, 0.717) is 35.6 Å². The molecule has 0 aromatic carbocycles. The van der Waals surface area contributed by atoms with Crippen molar-refractivity contribution in [2.75, 3.05) is 20.3 Å². The van der Waals surface area contributed by atoms with Crippen LogP contribution in [-0.4, -0.2) is 54.6 Å². The molecular formula is C16H14KN7O3. The fourth-order valence-corrected chi connectivity index (χ4v) is 3.24. The van der Waals surface area contributed by atoms with Crippen LogP contribution in [0.5, 0.6) is 0 Å². The van der Waals surface area contributed by atoms with E-state index in [0.717, 1.165) is 11.8 Å². The summed E-state index contributed by atoms with van der Waals surface area (Å²) in [6.07, 6.45) is 8.53. The molecule has 27 heavy (non-hydrogen) atoms. The number of aromatic nitrogens is 7. The van der Waals surface area contributed by atoms with Crippen LogP contribution in [0.2, 0.25) is 0 Å². The third kappa shape index (κ3) is 3.04. The van der Waals surface area contributed by atoms with E-state index in [1.54, 1.807) is 27.8 Å². The van der Waals surface area contributed by atoms with Crippen molar-refractivity contribution >= 4 is 21.9 Å². The molecule has 1 aliphatic rings. The molecule has 0 radical (unpaired) electrons. The predicted octanol–water partition coefficient (Wildman–Crippen LogP) is -2.85. The summed E-state index contributed by atoms with van der Waals surface area (Å²) < 4.78 is 8.62. The maximum Gasteiger partial charge on any atom is 1.00 e. The average molecular weight is 391 g/mol. The van der Waals surface area contributed by atoms with Gasteiger partial charge in [-0.25, -0.2) is 0 Å². The Balaban J connectivity index is 0.00000180. The van der Waals surface area contributed by atoms with E-state index >= 15 is 0 Å². The largest absolute Gasteiger partial charge is 1.00 e. The number of pyridine rings is 1. The van der Waals surface area contributed by atoms with Gasteiger partial charge < -0.3 is 24.1 Å². The predicted molar refractivity (Wildman–Crippen MR) is 90.0 cm³/mol. The molecule has 132 valence electrons. The molecule has 1 saturated heterocycles. The van der Waals surface area contributed by atoms with Crippen molar-refractivity contribution in [3.8, 4) is 5.82 Å². The third-order valence-electron chi connectivity index (χ3n) is 4.55. The van der Waals surface area contributed by atoms with Gasteiger partial charge >= 0.3 is 51.4 Å². The SMILES string of the molecule is COn1ncc2c(-n3cc4ccn(C5CCOC5)c(=O)c4n3)n[c-]nc21.[K+]. The molecule has 11 heteroatoms. The van der Waals surface area contributed by atoms with Crippen molar-refractivity contribution in [3.05, 3.63) is 41.3 Å². The summed E-state index contributed by atoms with van der Waals surface area (Å²) in [4.78, 5) is 27.4. The molecule has 0 aliphatic carbocycles. The summed E-state index contributed by atoms with van der Waals surface area (Å²) in [6, 6.07) is 1.93. The monoisotopic (exact) mass is 391 g/mol. The number of ether oxygens (including phenoxy) is 1. The summed E-state index contributed by atoms with van der Waals surface area (Å²) in [5, 5.41) is 9.92. The van der Waals surface area contributed by atoms with E-state index in [9.17, 15) is 4.79 Å². The van der Waals surface area contributed by atoms with Crippen LogP contribution in [0.3, 0.4) is 0 Å². The zero-order chi connectivity index (χ0) is 17.7. The van der Waals surface area contributed by atoms with Gasteiger partial charge in [-0.05, 0) is 17.9 Å². The topological polar surface area (TPSA) is 102 Å². The molecule has 4 aromatic heterocycles. The molecule has 0 spiro atoms. The molecule has 1 unspecified atom stereocenters. The zero-order valence-electron chi connectivity index (χ0n) is 14.9. The maximum atomic E-state index is 12.8. The molecule has 1 aliphatic heterocycles. The Hall–Kier alpha value is -1.63. The summed E-state index contributed by atoms with van der Waals surface area (Å²) in [5.74, 6) is 0.477. The Labute approximate surface area is 195 Å². The zero-order valence-corrected chi connectivity index (χ0v) is 18.0. The molecule has 1 atom stereocenters. The van der Waals surface area contributed by atoms with Gasteiger partial charge in [0.05, 0.1) is 24.1 Å². The number of hydrogen-bond acceptors (Lipinski definition) is 7. The van der Waals surface area contributed by atoms with Gasteiger partial charge in [-0.15, -0.1) is 4.85 Å². The number of hydrogen-bond donors (Lipinski definition) is 0. The van der Waals surface area contributed by atoms with Crippen LogP contribution in [0.25, 0.3) is 27.8 Å². The number of nitrogens with zero attached hydrogens (tertiary/aromatic N) is 7. The van der Waals surface area contributed by atoms with Crippen molar-refractivity contribution in [2.45, 2.75) is 12.5 Å². The van der Waals surface area contributed by atoms with E-state index in [4.69, 9.17) is 9.57 Å². The van der Waals surface area contributed by atoms with Crippen LogP contribution in [0, 0.1) is 6.33 Å². The Morgan fingerprint density at radius 2 is 2.26 bits per heavy atom. The van der Waals surface area contributed by atoms with Crippen LogP contribution in [0.1, 0.15) is 12.5 Å². The maximum absolute atomic E-state index is 12.8. The summed E-state index contributed by atoms with van der Waals surface area (Å²) in [6.45, 7) is 1.21. The van der Waals surface area contributed by atoms with Gasteiger partial charge in [-0.1, -0.05) is 0 Å². The van der Waals surface area contributed by atoms with Crippen molar-refractivity contribution in [3.63, 3.8) is 0 Å². The van der Waals surface area contributed by atoms with Crippen molar-refractivity contribution < 1.29 is 61.0 Å². The minimum atomic E-state index is -0.140. The molecule has 5 heterocycles. The second-order valence-corrected chi connectivity index (χ2v) is 6.01. The Bertz CT molecular complexity index is 1180. The van der Waals surface area contributed by atoms with E-state index in [2.05, 4.69) is 26.5 Å². The van der Waals surface area contributed by atoms with Gasteiger partial charge in [0.25, 0.3) is 5.56 Å². The van der Waals surface area contributed by atoms with E-state index in [1.165, 1.54) is 12.0 Å². The molecule has 0 N–H and O–H groups in total. The molecule has 1 fully saturated rings. The smallest absolute Gasteiger partial charge is 0.410 e. The second kappa shape index (κ2) is 7.41. The van der Waals surface area contributed by atoms with E-state index < -0.39 is 0 Å². The minimum absolute atomic E-state index is 0.